The molecule has 0 aromatic heterocycles. The number of benzene rings is 1. The molecular weight excluding hydrogens is 290 g/mol. The lowest BCUT2D eigenvalue weighted by atomic mass is 9.96. The fourth-order valence-corrected chi connectivity index (χ4v) is 3.05. The zero-order valence-electron chi connectivity index (χ0n) is 14.1. The molecule has 4 heteroatoms. The second kappa shape index (κ2) is 7.44. The molecule has 0 aliphatic carbocycles. The van der Waals surface area contributed by atoms with Crippen LogP contribution in [0.2, 0.25) is 0 Å². The molecule has 4 nitrogen and oxygen atoms in total. The van der Waals surface area contributed by atoms with Crippen molar-refractivity contribution in [2.24, 2.45) is 0 Å². The van der Waals surface area contributed by atoms with Crippen LogP contribution in [0.15, 0.2) is 35.6 Å². The molecule has 1 aromatic rings. The van der Waals surface area contributed by atoms with Crippen molar-refractivity contribution >= 4 is 11.7 Å². The molecule has 0 fully saturated rings. The van der Waals surface area contributed by atoms with E-state index in [1.807, 2.05) is 31.2 Å². The normalized spacial score (nSPS) is 18.0. The number of ketones is 1. The average Bonchev–Trinajstić information content (AvgIpc) is 2.77. The third kappa shape index (κ3) is 3.63. The number of carbonyl (C=O) groups excluding carboxylic acids is 2. The minimum atomic E-state index is -0.470. The van der Waals surface area contributed by atoms with Gasteiger partial charge in [0.2, 0.25) is 0 Å². The van der Waals surface area contributed by atoms with Crippen LogP contribution >= 0.6 is 0 Å². The predicted octanol–water partition coefficient (Wildman–Crippen LogP) is 3.86. The van der Waals surface area contributed by atoms with E-state index in [-0.39, 0.29) is 11.4 Å². The maximum absolute atomic E-state index is 12.4. The summed E-state index contributed by atoms with van der Waals surface area (Å²) in [6, 6.07) is 7.30. The third-order valence-electron chi connectivity index (χ3n) is 4.33. The lowest BCUT2D eigenvalue weighted by Gasteiger charge is -2.26. The average molecular weight is 315 g/mol. The largest absolute Gasteiger partial charge is 0.503 e. The molecule has 0 saturated carbocycles. The van der Waals surface area contributed by atoms with E-state index in [0.717, 1.165) is 36.8 Å². The molecule has 0 unspecified atom stereocenters. The summed E-state index contributed by atoms with van der Waals surface area (Å²) in [5.41, 5.74) is 2.20. The Morgan fingerprint density at radius 1 is 1.17 bits per heavy atom. The summed E-state index contributed by atoms with van der Waals surface area (Å²) in [6.45, 7) is 6.08. The van der Waals surface area contributed by atoms with Gasteiger partial charge in [0.1, 0.15) is 0 Å². The maximum Gasteiger partial charge on any atom is 0.290 e. The first-order valence-corrected chi connectivity index (χ1v) is 8.29. The Labute approximate surface area is 137 Å². The van der Waals surface area contributed by atoms with Gasteiger partial charge in [-0.3, -0.25) is 9.59 Å². The predicted molar refractivity (Wildman–Crippen MR) is 90.1 cm³/mol. The Kier molecular flexibility index (Phi) is 5.59. The van der Waals surface area contributed by atoms with E-state index in [4.69, 9.17) is 0 Å². The number of Topliss-reactive ketones (excluding diaryl/α,β-unsaturated/α-hetero) is 1. The van der Waals surface area contributed by atoms with E-state index < -0.39 is 17.7 Å². The van der Waals surface area contributed by atoms with Gasteiger partial charge in [0, 0.05) is 6.54 Å². The zero-order chi connectivity index (χ0) is 17.0. The number of rotatable bonds is 7. The lowest BCUT2D eigenvalue weighted by molar-refractivity contribution is -0.129. The number of aryl methyl sites for hydroxylation is 1. The van der Waals surface area contributed by atoms with Gasteiger partial charge in [-0.25, -0.2) is 0 Å². The quantitative estimate of drug-likeness (QED) is 0.777. The summed E-state index contributed by atoms with van der Waals surface area (Å²) in [7, 11) is 0. The van der Waals surface area contributed by atoms with E-state index in [1.54, 1.807) is 4.90 Å². The van der Waals surface area contributed by atoms with Crippen molar-refractivity contribution in [2.75, 3.05) is 6.54 Å². The van der Waals surface area contributed by atoms with Gasteiger partial charge >= 0.3 is 0 Å². The van der Waals surface area contributed by atoms with Crippen LogP contribution in [-0.4, -0.2) is 28.2 Å². The number of amides is 1. The summed E-state index contributed by atoms with van der Waals surface area (Å²) >= 11 is 0. The number of hydrogen-bond donors (Lipinski definition) is 1. The zero-order valence-corrected chi connectivity index (χ0v) is 14.1. The summed E-state index contributed by atoms with van der Waals surface area (Å²) in [4.78, 5) is 26.0. The minimum absolute atomic E-state index is 0.217. The van der Waals surface area contributed by atoms with Gasteiger partial charge in [-0.2, -0.15) is 0 Å². The van der Waals surface area contributed by atoms with Crippen molar-refractivity contribution in [2.45, 2.75) is 52.5 Å². The Hall–Kier alpha value is -2.10. The molecule has 1 aromatic carbocycles. The van der Waals surface area contributed by atoms with Crippen molar-refractivity contribution in [3.05, 3.63) is 46.7 Å². The third-order valence-corrected chi connectivity index (χ3v) is 4.33. The molecule has 0 bridgehead atoms. The lowest BCUT2D eigenvalue weighted by Crippen LogP contribution is -2.32. The molecule has 23 heavy (non-hydrogen) atoms. The van der Waals surface area contributed by atoms with Gasteiger partial charge in [0.15, 0.2) is 11.5 Å². The van der Waals surface area contributed by atoms with E-state index in [9.17, 15) is 14.7 Å². The van der Waals surface area contributed by atoms with Crippen molar-refractivity contribution in [1.29, 1.82) is 0 Å². The Morgan fingerprint density at radius 3 is 2.39 bits per heavy atom. The van der Waals surface area contributed by atoms with E-state index in [0.29, 0.717) is 6.54 Å². The van der Waals surface area contributed by atoms with E-state index >= 15 is 0 Å². The smallest absolute Gasteiger partial charge is 0.290 e. The maximum atomic E-state index is 12.4. The Bertz CT molecular complexity index is 616. The monoisotopic (exact) mass is 315 g/mol. The van der Waals surface area contributed by atoms with Gasteiger partial charge in [0.05, 0.1) is 11.6 Å². The van der Waals surface area contributed by atoms with Gasteiger partial charge < -0.3 is 10.0 Å². The summed E-state index contributed by atoms with van der Waals surface area (Å²) in [5.74, 6) is -1.08. The molecular formula is C19H25NO3. The fourth-order valence-electron chi connectivity index (χ4n) is 3.05. The first kappa shape index (κ1) is 17.3. The second-order valence-electron chi connectivity index (χ2n) is 6.19. The Morgan fingerprint density at radius 2 is 1.83 bits per heavy atom. The molecule has 1 aliphatic heterocycles. The molecule has 2 rings (SSSR count). The van der Waals surface area contributed by atoms with Crippen molar-refractivity contribution in [3.8, 4) is 0 Å². The number of unbranched alkanes of at least 4 members (excludes halogenated alkanes) is 3. The van der Waals surface area contributed by atoms with Gasteiger partial charge in [-0.15, -0.1) is 0 Å². The van der Waals surface area contributed by atoms with Crippen molar-refractivity contribution in [1.82, 2.24) is 4.90 Å². The molecule has 1 amide bonds. The summed E-state index contributed by atoms with van der Waals surface area (Å²) < 4.78 is 0. The number of nitrogens with zero attached hydrogens (tertiary/aromatic N) is 1. The van der Waals surface area contributed by atoms with E-state index in [2.05, 4.69) is 6.92 Å². The van der Waals surface area contributed by atoms with Crippen LogP contribution in [0, 0.1) is 6.92 Å². The van der Waals surface area contributed by atoms with Crippen LogP contribution in [0.3, 0.4) is 0 Å². The summed E-state index contributed by atoms with van der Waals surface area (Å²) in [5, 5.41) is 10.2. The van der Waals surface area contributed by atoms with Crippen LogP contribution in [0.4, 0.5) is 0 Å². The summed E-state index contributed by atoms with van der Waals surface area (Å²) in [6.07, 6.45) is 4.16. The SMILES string of the molecule is CCCCCCN1C(=O)C(O)=C(C(C)=O)[C@@H]1c1ccc(C)cc1. The van der Waals surface area contributed by atoms with E-state index in [1.165, 1.54) is 6.92 Å². The number of carbonyl (C=O) groups is 2. The molecule has 0 spiro atoms. The van der Waals surface area contributed by atoms with Crippen LogP contribution in [0.1, 0.15) is 56.7 Å². The van der Waals surface area contributed by atoms with Crippen LogP contribution in [0.5, 0.6) is 0 Å². The van der Waals surface area contributed by atoms with Gasteiger partial charge in [0.25, 0.3) is 5.91 Å². The van der Waals surface area contributed by atoms with Crippen molar-refractivity contribution in [3.63, 3.8) is 0 Å². The van der Waals surface area contributed by atoms with Crippen LogP contribution < -0.4 is 0 Å². The topological polar surface area (TPSA) is 57.6 Å². The Balaban J connectivity index is 2.31. The highest BCUT2D eigenvalue weighted by atomic mass is 16.3. The standard InChI is InChI=1S/C19H25NO3/c1-4-5-6-7-12-20-17(15-10-8-13(2)9-11-15)16(14(3)21)18(22)19(20)23/h8-11,17,22H,4-7,12H2,1-3H3/t17-/m0/s1. The van der Waals surface area contributed by atoms with Gasteiger partial charge in [-0.1, -0.05) is 56.0 Å². The molecule has 1 heterocycles. The number of hydrogen-bond acceptors (Lipinski definition) is 3. The molecule has 1 atom stereocenters. The second-order valence-corrected chi connectivity index (χ2v) is 6.19. The number of aliphatic hydroxyl groups excluding tert-OH is 1. The fraction of sp³-hybridized carbons (Fsp3) is 0.474. The highest BCUT2D eigenvalue weighted by Gasteiger charge is 2.41. The minimum Gasteiger partial charge on any atom is -0.503 e. The molecule has 1 aliphatic rings. The molecule has 1 N–H and O–H groups in total. The molecule has 0 saturated heterocycles. The number of aliphatic hydroxyl groups is 1. The first-order valence-electron chi connectivity index (χ1n) is 8.29. The first-order chi connectivity index (χ1) is 11.0. The highest BCUT2D eigenvalue weighted by Crippen LogP contribution is 2.37. The molecule has 124 valence electrons. The van der Waals surface area contributed by atoms with Gasteiger partial charge in [-0.05, 0) is 25.8 Å². The van der Waals surface area contributed by atoms with Crippen LogP contribution in [-0.2, 0) is 9.59 Å². The van der Waals surface area contributed by atoms with Crippen LogP contribution in [0.25, 0.3) is 0 Å². The highest BCUT2D eigenvalue weighted by molar-refractivity contribution is 6.08. The van der Waals surface area contributed by atoms with Crippen molar-refractivity contribution < 1.29 is 14.7 Å². The molecule has 0 radical (unpaired) electrons.